The number of nitrogens with zero attached hydrogens (tertiary/aromatic N) is 6. The molecule has 1 atom stereocenters. The third kappa shape index (κ3) is 4.68. The zero-order valence-corrected chi connectivity index (χ0v) is 21.1. The number of amides is 2. The lowest BCUT2D eigenvalue weighted by atomic mass is 9.99. The maximum absolute atomic E-state index is 13.1. The molecule has 1 N–H and O–H groups in total. The number of alkyl halides is 3. The maximum Gasteiger partial charge on any atom is 0.433 e. The Labute approximate surface area is 220 Å². The predicted octanol–water partition coefficient (Wildman–Crippen LogP) is 4.74. The lowest BCUT2D eigenvalue weighted by molar-refractivity contribution is -0.143. The molecule has 1 aliphatic heterocycles. The maximum atomic E-state index is 13.1. The van der Waals surface area contributed by atoms with E-state index in [9.17, 15) is 22.8 Å². The predicted molar refractivity (Wildman–Crippen MR) is 133 cm³/mol. The Balaban J connectivity index is 1.20. The minimum absolute atomic E-state index is 0.000268. The van der Waals surface area contributed by atoms with E-state index in [1.165, 1.54) is 17.1 Å². The summed E-state index contributed by atoms with van der Waals surface area (Å²) in [6.45, 7) is 2.43. The van der Waals surface area contributed by atoms with Crippen molar-refractivity contribution in [3.8, 4) is 11.6 Å². The van der Waals surface area contributed by atoms with Gasteiger partial charge in [-0.15, -0.1) is 0 Å². The number of fused-ring (bicyclic) bond motifs is 2. The van der Waals surface area contributed by atoms with Crippen LogP contribution < -0.4 is 10.1 Å². The van der Waals surface area contributed by atoms with E-state index in [2.05, 4.69) is 20.4 Å². The van der Waals surface area contributed by atoms with Crippen molar-refractivity contribution in [3.63, 3.8) is 0 Å². The standard InChI is InChI=1S/C26H24F3N7O3/c1-14-9-18-19(12-36(14)24(37)15-3-4-15)30-13-31-23(18)39-17-5-6-20-16(10-17)7-8-35(20)25(38)32-22-11-21(26(27,28)29)34(2)33-22/h5-8,10-11,13-15H,3-4,9,12H2,1-2H3,(H,32,33,38)/t14-/m0/s1. The molecule has 3 aromatic heterocycles. The Morgan fingerprint density at radius 3 is 2.64 bits per heavy atom. The molecule has 4 heterocycles. The van der Waals surface area contributed by atoms with Gasteiger partial charge in [-0.1, -0.05) is 0 Å². The van der Waals surface area contributed by atoms with Crippen molar-refractivity contribution in [3.05, 3.63) is 59.8 Å². The van der Waals surface area contributed by atoms with Crippen LogP contribution in [0.4, 0.5) is 23.8 Å². The Morgan fingerprint density at radius 1 is 1.13 bits per heavy atom. The monoisotopic (exact) mass is 539 g/mol. The van der Waals surface area contributed by atoms with E-state index in [1.807, 2.05) is 11.8 Å². The van der Waals surface area contributed by atoms with E-state index in [-0.39, 0.29) is 23.7 Å². The number of carbonyl (C=O) groups is 2. The summed E-state index contributed by atoms with van der Waals surface area (Å²) in [6.07, 6.45) is 0.812. The van der Waals surface area contributed by atoms with Crippen LogP contribution in [0.3, 0.4) is 0 Å². The first-order valence-corrected chi connectivity index (χ1v) is 12.4. The molecule has 13 heteroatoms. The Kier molecular flexibility index (Phi) is 5.81. The molecule has 10 nitrogen and oxygen atoms in total. The highest BCUT2D eigenvalue weighted by Gasteiger charge is 2.38. The van der Waals surface area contributed by atoms with Crippen molar-refractivity contribution < 1.29 is 27.5 Å². The van der Waals surface area contributed by atoms with Gasteiger partial charge in [-0.2, -0.15) is 18.3 Å². The van der Waals surface area contributed by atoms with Crippen molar-refractivity contribution in [2.75, 3.05) is 5.32 Å². The SMILES string of the molecule is C[C@H]1Cc2c(ncnc2Oc2ccc3c(ccn3C(=O)Nc3cc(C(F)(F)F)n(C)n3)c2)CN1C(=O)C1CC1. The number of benzene rings is 1. The molecule has 1 aliphatic carbocycles. The van der Waals surface area contributed by atoms with Gasteiger partial charge in [0, 0.05) is 42.2 Å². The first kappa shape index (κ1) is 24.9. The molecule has 1 fully saturated rings. The molecule has 0 spiro atoms. The quantitative estimate of drug-likeness (QED) is 0.402. The van der Waals surface area contributed by atoms with Crippen LogP contribution in [0.2, 0.25) is 0 Å². The van der Waals surface area contributed by atoms with Crippen LogP contribution in [-0.4, -0.2) is 47.2 Å². The fourth-order valence-corrected chi connectivity index (χ4v) is 4.88. The molecule has 0 radical (unpaired) electrons. The molecule has 1 saturated carbocycles. The summed E-state index contributed by atoms with van der Waals surface area (Å²) in [5, 5.41) is 6.81. The second kappa shape index (κ2) is 9.10. The fraction of sp³-hybridized carbons (Fsp3) is 0.346. The van der Waals surface area contributed by atoms with E-state index in [4.69, 9.17) is 4.74 Å². The average Bonchev–Trinajstić information content (AvgIpc) is 3.54. The number of halogens is 3. The van der Waals surface area contributed by atoms with Crippen LogP contribution in [0.5, 0.6) is 11.6 Å². The summed E-state index contributed by atoms with van der Waals surface area (Å²) >= 11 is 0. The number of aryl methyl sites for hydroxylation is 1. The molecule has 4 aromatic rings. The summed E-state index contributed by atoms with van der Waals surface area (Å²) in [6, 6.07) is 6.91. The van der Waals surface area contributed by atoms with Crippen LogP contribution in [-0.2, 0) is 31.0 Å². The van der Waals surface area contributed by atoms with Crippen molar-refractivity contribution in [2.45, 2.75) is 44.9 Å². The van der Waals surface area contributed by atoms with Crippen LogP contribution >= 0.6 is 0 Å². The van der Waals surface area contributed by atoms with Gasteiger partial charge in [0.05, 0.1) is 17.8 Å². The largest absolute Gasteiger partial charge is 0.439 e. The molecule has 0 unspecified atom stereocenters. The van der Waals surface area contributed by atoms with E-state index < -0.39 is 17.9 Å². The summed E-state index contributed by atoms with van der Waals surface area (Å²) in [5.41, 5.74) is 1.18. The molecule has 202 valence electrons. The van der Waals surface area contributed by atoms with E-state index in [0.717, 1.165) is 37.2 Å². The second-order valence-electron chi connectivity index (χ2n) is 9.87. The normalized spacial score (nSPS) is 17.3. The summed E-state index contributed by atoms with van der Waals surface area (Å²) in [5.74, 6) is 1.01. The Morgan fingerprint density at radius 2 is 1.92 bits per heavy atom. The molecule has 6 rings (SSSR count). The number of ether oxygens (including phenoxy) is 1. The highest BCUT2D eigenvalue weighted by molar-refractivity contribution is 5.98. The van der Waals surface area contributed by atoms with Crippen molar-refractivity contribution in [1.82, 2.24) is 29.2 Å². The molecule has 0 bridgehead atoms. The number of aromatic nitrogens is 5. The van der Waals surface area contributed by atoms with Crippen molar-refractivity contribution in [2.24, 2.45) is 13.0 Å². The van der Waals surface area contributed by atoms with Gasteiger partial charge in [-0.3, -0.25) is 19.4 Å². The fourth-order valence-electron chi connectivity index (χ4n) is 4.88. The van der Waals surface area contributed by atoms with E-state index in [1.54, 1.807) is 24.3 Å². The van der Waals surface area contributed by atoms with Crippen LogP contribution in [0.15, 0.2) is 42.9 Å². The van der Waals surface area contributed by atoms with Gasteiger partial charge in [0.25, 0.3) is 0 Å². The topological polar surface area (TPSA) is 107 Å². The molecule has 2 amide bonds. The Hall–Kier alpha value is -4.42. The summed E-state index contributed by atoms with van der Waals surface area (Å²) < 4.78 is 47.2. The highest BCUT2D eigenvalue weighted by Crippen LogP contribution is 2.36. The lowest BCUT2D eigenvalue weighted by Crippen LogP contribution is -2.43. The number of rotatable bonds is 4. The first-order chi connectivity index (χ1) is 18.6. The smallest absolute Gasteiger partial charge is 0.433 e. The van der Waals surface area contributed by atoms with E-state index in [0.29, 0.717) is 40.2 Å². The molecule has 39 heavy (non-hydrogen) atoms. The minimum atomic E-state index is -4.59. The third-order valence-electron chi connectivity index (χ3n) is 7.06. The van der Waals surface area contributed by atoms with E-state index >= 15 is 0 Å². The van der Waals surface area contributed by atoms with Gasteiger partial charge in [0.15, 0.2) is 5.82 Å². The van der Waals surface area contributed by atoms with Gasteiger partial charge in [-0.05, 0) is 50.5 Å². The first-order valence-electron chi connectivity index (χ1n) is 12.4. The summed E-state index contributed by atoms with van der Waals surface area (Å²) in [7, 11) is 1.16. The number of nitrogens with one attached hydrogen (secondary N) is 1. The molecule has 2 aliphatic rings. The van der Waals surface area contributed by atoms with Crippen LogP contribution in [0.1, 0.15) is 36.7 Å². The van der Waals surface area contributed by atoms with Gasteiger partial charge < -0.3 is 9.64 Å². The number of hydrogen-bond acceptors (Lipinski definition) is 6. The number of carbonyl (C=O) groups excluding carboxylic acids is 2. The zero-order valence-electron chi connectivity index (χ0n) is 21.1. The number of anilines is 1. The lowest BCUT2D eigenvalue weighted by Gasteiger charge is -2.34. The third-order valence-corrected chi connectivity index (χ3v) is 7.06. The van der Waals surface area contributed by atoms with Gasteiger partial charge >= 0.3 is 12.2 Å². The van der Waals surface area contributed by atoms with Crippen LogP contribution in [0, 0.1) is 5.92 Å². The number of hydrogen-bond donors (Lipinski definition) is 1. The molecular weight excluding hydrogens is 515 g/mol. The van der Waals surface area contributed by atoms with Crippen LogP contribution in [0.25, 0.3) is 10.9 Å². The summed E-state index contributed by atoms with van der Waals surface area (Å²) in [4.78, 5) is 36.1. The minimum Gasteiger partial charge on any atom is -0.439 e. The zero-order chi connectivity index (χ0) is 27.5. The van der Waals surface area contributed by atoms with Gasteiger partial charge in [-0.25, -0.2) is 14.8 Å². The Bertz CT molecular complexity index is 1610. The van der Waals surface area contributed by atoms with Gasteiger partial charge in [0.1, 0.15) is 17.8 Å². The van der Waals surface area contributed by atoms with Crippen molar-refractivity contribution in [1.29, 1.82) is 0 Å². The second-order valence-corrected chi connectivity index (χ2v) is 9.87. The molecule has 0 saturated heterocycles. The average molecular weight is 540 g/mol. The molecule has 1 aromatic carbocycles. The van der Waals surface area contributed by atoms with Gasteiger partial charge in [0.2, 0.25) is 11.8 Å². The highest BCUT2D eigenvalue weighted by atomic mass is 19.4. The molecular formula is C26H24F3N7O3. The van der Waals surface area contributed by atoms with Crippen molar-refractivity contribution >= 4 is 28.7 Å².